The molecular weight excluding hydrogens is 342 g/mol. The van der Waals surface area contributed by atoms with E-state index in [2.05, 4.69) is 5.32 Å². The molecule has 0 unspecified atom stereocenters. The Kier molecular flexibility index (Phi) is 7.29. The van der Waals surface area contributed by atoms with Crippen molar-refractivity contribution in [2.24, 2.45) is 5.92 Å². The lowest BCUT2D eigenvalue weighted by Crippen LogP contribution is -2.47. The number of carbonyl (C=O) groups excluding carboxylic acids is 3. The summed E-state index contributed by atoms with van der Waals surface area (Å²) in [5, 5.41) is 2.72. The zero-order chi connectivity index (χ0) is 19.8. The molecule has 2 rings (SSSR count). The normalized spacial score (nSPS) is 12.9. The summed E-state index contributed by atoms with van der Waals surface area (Å²) in [6, 6.07) is 17.1. The number of nitrogens with one attached hydrogen (secondary N) is 1. The fourth-order valence-corrected chi connectivity index (χ4v) is 2.64. The molecule has 2 atom stereocenters. The molecule has 0 radical (unpaired) electrons. The summed E-state index contributed by atoms with van der Waals surface area (Å²) in [5.74, 6) is -1.32. The number of esters is 1. The summed E-state index contributed by atoms with van der Waals surface area (Å²) in [5.41, 5.74) is 1.34. The Bertz CT molecular complexity index is 771. The molecule has 0 bridgehead atoms. The molecule has 1 N–H and O–H groups in total. The average molecular weight is 367 g/mol. The molecule has 0 spiro atoms. The zero-order valence-electron chi connectivity index (χ0n) is 15.8. The van der Waals surface area contributed by atoms with Crippen molar-refractivity contribution in [2.45, 2.75) is 39.3 Å². The summed E-state index contributed by atoms with van der Waals surface area (Å²) in [6.07, 6.45) is -0.747. The first-order chi connectivity index (χ1) is 12.9. The van der Waals surface area contributed by atoms with Crippen molar-refractivity contribution in [1.29, 1.82) is 0 Å². The van der Waals surface area contributed by atoms with Gasteiger partial charge in [-0.2, -0.15) is 0 Å². The Labute approximate surface area is 159 Å². The quantitative estimate of drug-likeness (QED) is 0.574. The van der Waals surface area contributed by atoms with Crippen molar-refractivity contribution in [1.82, 2.24) is 5.32 Å². The molecule has 0 aliphatic heterocycles. The van der Waals surface area contributed by atoms with Gasteiger partial charge in [-0.15, -0.1) is 0 Å². The van der Waals surface area contributed by atoms with Crippen LogP contribution in [-0.4, -0.2) is 29.8 Å². The van der Waals surface area contributed by atoms with E-state index in [1.165, 1.54) is 6.92 Å². The maximum Gasteiger partial charge on any atom is 0.329 e. The van der Waals surface area contributed by atoms with Crippen LogP contribution in [0.25, 0.3) is 0 Å². The first-order valence-electron chi connectivity index (χ1n) is 9.01. The van der Waals surface area contributed by atoms with Gasteiger partial charge in [0.1, 0.15) is 6.04 Å². The summed E-state index contributed by atoms with van der Waals surface area (Å²) in [6.45, 7) is 5.17. The number of hydrogen-bond donors (Lipinski definition) is 1. The van der Waals surface area contributed by atoms with Gasteiger partial charge in [0.05, 0.1) is 6.42 Å². The molecule has 0 fully saturated rings. The van der Waals surface area contributed by atoms with E-state index < -0.39 is 18.1 Å². The third-order valence-corrected chi connectivity index (χ3v) is 4.17. The van der Waals surface area contributed by atoms with E-state index in [0.717, 1.165) is 5.56 Å². The van der Waals surface area contributed by atoms with E-state index in [1.54, 1.807) is 24.3 Å². The molecule has 5 nitrogen and oxygen atoms in total. The highest BCUT2D eigenvalue weighted by atomic mass is 16.5. The first-order valence-corrected chi connectivity index (χ1v) is 9.01. The van der Waals surface area contributed by atoms with Crippen molar-refractivity contribution in [3.8, 4) is 0 Å². The van der Waals surface area contributed by atoms with E-state index >= 15 is 0 Å². The van der Waals surface area contributed by atoms with Crippen LogP contribution < -0.4 is 5.32 Å². The van der Waals surface area contributed by atoms with E-state index in [-0.39, 0.29) is 24.0 Å². The van der Waals surface area contributed by atoms with Gasteiger partial charge in [-0.25, -0.2) is 4.79 Å². The lowest BCUT2D eigenvalue weighted by molar-refractivity contribution is -0.151. The third-order valence-electron chi connectivity index (χ3n) is 4.17. The van der Waals surface area contributed by atoms with Gasteiger partial charge in [-0.3, -0.25) is 9.59 Å². The molecule has 0 aliphatic carbocycles. The van der Waals surface area contributed by atoms with Gasteiger partial charge in [0, 0.05) is 5.56 Å². The number of amides is 1. The molecule has 142 valence electrons. The number of Topliss-reactive ketones (excluding diaryl/α,β-unsaturated/α-hetero) is 1. The van der Waals surface area contributed by atoms with Crippen LogP contribution in [0.4, 0.5) is 0 Å². The lowest BCUT2D eigenvalue weighted by atomic mass is 10.0. The molecule has 0 aromatic heterocycles. The second-order valence-corrected chi connectivity index (χ2v) is 6.76. The van der Waals surface area contributed by atoms with Gasteiger partial charge in [0.15, 0.2) is 6.10 Å². The monoisotopic (exact) mass is 367 g/mol. The molecule has 2 aromatic carbocycles. The Hall–Kier alpha value is -2.95. The topological polar surface area (TPSA) is 72.5 Å². The SMILES string of the molecule is CC(C)[C@H](NC(=O)Cc1ccccc1)C(=O)O[C@@H](C)C(=O)c1ccccc1. The van der Waals surface area contributed by atoms with Crippen LogP contribution in [-0.2, 0) is 20.7 Å². The fraction of sp³-hybridized carbons (Fsp3) is 0.318. The second-order valence-electron chi connectivity index (χ2n) is 6.76. The maximum absolute atomic E-state index is 12.5. The van der Waals surface area contributed by atoms with Gasteiger partial charge in [-0.1, -0.05) is 74.5 Å². The molecule has 5 heteroatoms. The molecule has 27 heavy (non-hydrogen) atoms. The number of benzene rings is 2. The van der Waals surface area contributed by atoms with Crippen LogP contribution in [0.5, 0.6) is 0 Å². The Morgan fingerprint density at radius 1 is 0.889 bits per heavy atom. The average Bonchev–Trinajstić information content (AvgIpc) is 2.66. The van der Waals surface area contributed by atoms with Gasteiger partial charge < -0.3 is 10.1 Å². The van der Waals surface area contributed by atoms with Crippen LogP contribution in [0, 0.1) is 5.92 Å². The van der Waals surface area contributed by atoms with Crippen LogP contribution in [0.3, 0.4) is 0 Å². The number of ether oxygens (including phenoxy) is 1. The van der Waals surface area contributed by atoms with E-state index in [9.17, 15) is 14.4 Å². The summed E-state index contributed by atoms with van der Waals surface area (Å²) >= 11 is 0. The first kappa shape index (κ1) is 20.4. The molecule has 1 amide bonds. The number of carbonyl (C=O) groups is 3. The molecule has 0 aliphatic rings. The van der Waals surface area contributed by atoms with Crippen LogP contribution in [0.1, 0.15) is 36.7 Å². The Morgan fingerprint density at radius 3 is 2.00 bits per heavy atom. The van der Waals surface area contributed by atoms with Crippen LogP contribution in [0.2, 0.25) is 0 Å². The highest BCUT2D eigenvalue weighted by Crippen LogP contribution is 2.11. The van der Waals surface area contributed by atoms with Crippen molar-refractivity contribution in [3.63, 3.8) is 0 Å². The van der Waals surface area contributed by atoms with Crippen LogP contribution in [0.15, 0.2) is 60.7 Å². The van der Waals surface area contributed by atoms with Gasteiger partial charge in [0.2, 0.25) is 11.7 Å². The maximum atomic E-state index is 12.5. The number of rotatable bonds is 8. The molecular formula is C22H25NO4. The van der Waals surface area contributed by atoms with Gasteiger partial charge in [0.25, 0.3) is 0 Å². The van der Waals surface area contributed by atoms with Crippen molar-refractivity contribution >= 4 is 17.7 Å². The van der Waals surface area contributed by atoms with Crippen molar-refractivity contribution in [3.05, 3.63) is 71.8 Å². The fourth-order valence-electron chi connectivity index (χ4n) is 2.64. The summed E-state index contributed by atoms with van der Waals surface area (Å²) in [7, 11) is 0. The van der Waals surface area contributed by atoms with E-state index in [0.29, 0.717) is 5.56 Å². The molecule has 0 saturated carbocycles. The predicted octanol–water partition coefficient (Wildman–Crippen LogP) is 3.18. The van der Waals surface area contributed by atoms with E-state index in [4.69, 9.17) is 4.74 Å². The highest BCUT2D eigenvalue weighted by Gasteiger charge is 2.29. The standard InChI is InChI=1S/C22H25NO4/c1-15(2)20(23-19(24)14-17-10-6-4-7-11-17)22(26)27-16(3)21(25)18-12-8-5-9-13-18/h4-13,15-16,20H,14H2,1-3H3,(H,23,24)/t16-,20-/m0/s1. The molecule has 0 heterocycles. The number of hydrogen-bond acceptors (Lipinski definition) is 4. The van der Waals surface area contributed by atoms with Crippen molar-refractivity contribution in [2.75, 3.05) is 0 Å². The minimum Gasteiger partial charge on any atom is -0.453 e. The Balaban J connectivity index is 1.97. The van der Waals surface area contributed by atoms with Gasteiger partial charge in [-0.05, 0) is 18.4 Å². The minimum absolute atomic E-state index is 0.170. The predicted molar refractivity (Wildman–Crippen MR) is 103 cm³/mol. The zero-order valence-corrected chi connectivity index (χ0v) is 15.8. The van der Waals surface area contributed by atoms with Crippen molar-refractivity contribution < 1.29 is 19.1 Å². The highest BCUT2D eigenvalue weighted by molar-refractivity contribution is 6.00. The smallest absolute Gasteiger partial charge is 0.329 e. The third kappa shape index (κ3) is 6.06. The molecule has 2 aromatic rings. The van der Waals surface area contributed by atoms with Gasteiger partial charge >= 0.3 is 5.97 Å². The minimum atomic E-state index is -0.924. The summed E-state index contributed by atoms with van der Waals surface area (Å²) in [4.78, 5) is 37.2. The lowest BCUT2D eigenvalue weighted by Gasteiger charge is -2.23. The summed E-state index contributed by atoms with van der Waals surface area (Å²) < 4.78 is 5.34. The Morgan fingerprint density at radius 2 is 1.44 bits per heavy atom. The second kappa shape index (κ2) is 9.67. The van der Waals surface area contributed by atoms with Crippen LogP contribution >= 0.6 is 0 Å². The largest absolute Gasteiger partial charge is 0.453 e. The molecule has 0 saturated heterocycles. The number of ketones is 1. The van der Waals surface area contributed by atoms with E-state index in [1.807, 2.05) is 50.2 Å².